The van der Waals surface area contributed by atoms with Gasteiger partial charge in [0.05, 0.1) is 6.61 Å². The van der Waals surface area contributed by atoms with Crippen molar-refractivity contribution in [1.29, 1.82) is 5.26 Å². The Morgan fingerprint density at radius 1 is 1.09 bits per heavy atom. The van der Waals surface area contributed by atoms with Crippen LogP contribution in [0.3, 0.4) is 0 Å². The number of carbonyl (C=O) groups is 2. The Balaban J connectivity index is 1.97. The smallest absolute Gasteiger partial charge is 0.407 e. The first-order chi connectivity index (χ1) is 16.0. The molecule has 3 rings (SSSR count). The van der Waals surface area contributed by atoms with Crippen LogP contribution in [-0.2, 0) is 16.0 Å². The van der Waals surface area contributed by atoms with E-state index in [1.807, 2.05) is 25.1 Å². The lowest BCUT2D eigenvalue weighted by Gasteiger charge is -2.14. The highest BCUT2D eigenvalue weighted by molar-refractivity contribution is 6.01. The van der Waals surface area contributed by atoms with Gasteiger partial charge in [-0.25, -0.2) is 19.6 Å². The summed E-state index contributed by atoms with van der Waals surface area (Å²) < 4.78 is 9.90. The molecule has 0 saturated carbocycles. The standard InChI is InChI=1S/C23H24N6O4/c1-3-25-22(30)29-21-11-19-18(15-6-7-26-17(10-15)12-24)5-4-16(20(19)14-27-21)13-28-23(31)33-9-8-32-2/h4-7,10-11,14H,3,8-9,13H2,1-2H3,(H,28,31)(H2,25,27,29,30). The number of nitrogens with zero attached hydrogens (tertiary/aromatic N) is 3. The first kappa shape index (κ1) is 23.4. The Morgan fingerprint density at radius 2 is 1.94 bits per heavy atom. The molecule has 3 aromatic rings. The summed E-state index contributed by atoms with van der Waals surface area (Å²) in [6.45, 7) is 2.98. The molecule has 0 aliphatic carbocycles. The molecule has 2 aromatic heterocycles. The van der Waals surface area contributed by atoms with Gasteiger partial charge in [0.15, 0.2) is 0 Å². The number of nitrogens with one attached hydrogen (secondary N) is 3. The van der Waals surface area contributed by atoms with Crippen molar-refractivity contribution in [3.8, 4) is 17.2 Å². The second kappa shape index (κ2) is 11.4. The summed E-state index contributed by atoms with van der Waals surface area (Å²) in [5.41, 5.74) is 2.72. The summed E-state index contributed by atoms with van der Waals surface area (Å²) in [6.07, 6.45) is 2.65. The number of carbonyl (C=O) groups excluding carboxylic acids is 2. The zero-order valence-corrected chi connectivity index (χ0v) is 18.3. The number of alkyl carbamates (subject to hydrolysis) is 1. The van der Waals surface area contributed by atoms with E-state index in [2.05, 4.69) is 25.9 Å². The minimum absolute atomic E-state index is 0.154. The van der Waals surface area contributed by atoms with Crippen LogP contribution in [-0.4, -0.2) is 49.0 Å². The number of hydrogen-bond acceptors (Lipinski definition) is 7. The Labute approximate surface area is 190 Å². The summed E-state index contributed by atoms with van der Waals surface area (Å²) in [7, 11) is 1.53. The third-order valence-corrected chi connectivity index (χ3v) is 4.70. The van der Waals surface area contributed by atoms with Crippen LogP contribution in [0.5, 0.6) is 0 Å². The maximum atomic E-state index is 12.0. The lowest BCUT2D eigenvalue weighted by molar-refractivity contribution is 0.0983. The van der Waals surface area contributed by atoms with Gasteiger partial charge in [0.25, 0.3) is 0 Å². The normalized spacial score (nSPS) is 10.3. The predicted molar refractivity (Wildman–Crippen MR) is 122 cm³/mol. The van der Waals surface area contributed by atoms with Gasteiger partial charge in [-0.15, -0.1) is 0 Å². The number of pyridine rings is 2. The third kappa shape index (κ3) is 6.15. The van der Waals surface area contributed by atoms with Crippen LogP contribution >= 0.6 is 0 Å². The van der Waals surface area contributed by atoms with Crippen molar-refractivity contribution in [2.75, 3.05) is 32.2 Å². The van der Waals surface area contributed by atoms with Gasteiger partial charge in [0.2, 0.25) is 0 Å². The first-order valence-electron chi connectivity index (χ1n) is 10.3. The molecule has 2 heterocycles. The van der Waals surface area contributed by atoms with E-state index in [0.29, 0.717) is 24.7 Å². The van der Waals surface area contributed by atoms with Gasteiger partial charge in [0.1, 0.15) is 24.2 Å². The third-order valence-electron chi connectivity index (χ3n) is 4.70. The zero-order chi connectivity index (χ0) is 23.6. The molecule has 3 N–H and O–H groups in total. The molecule has 10 heteroatoms. The number of nitriles is 1. The minimum Gasteiger partial charge on any atom is -0.447 e. The predicted octanol–water partition coefficient (Wildman–Crippen LogP) is 3.18. The highest BCUT2D eigenvalue weighted by Crippen LogP contribution is 2.32. The Bertz CT molecular complexity index is 1190. The van der Waals surface area contributed by atoms with Gasteiger partial charge >= 0.3 is 12.1 Å². The van der Waals surface area contributed by atoms with Crippen molar-refractivity contribution >= 4 is 28.7 Å². The van der Waals surface area contributed by atoms with E-state index < -0.39 is 6.09 Å². The number of benzene rings is 1. The summed E-state index contributed by atoms with van der Waals surface area (Å²) in [4.78, 5) is 32.3. The lowest BCUT2D eigenvalue weighted by Crippen LogP contribution is -2.28. The molecule has 3 amide bonds. The van der Waals surface area contributed by atoms with Gasteiger partial charge in [0, 0.05) is 38.0 Å². The Hall–Kier alpha value is -4.23. The summed E-state index contributed by atoms with van der Waals surface area (Å²) in [5.74, 6) is 0.369. The lowest BCUT2D eigenvalue weighted by atomic mass is 9.96. The van der Waals surface area contributed by atoms with E-state index in [4.69, 9.17) is 9.47 Å². The number of ether oxygens (including phenoxy) is 2. The molecule has 0 aliphatic heterocycles. The molecular weight excluding hydrogens is 424 g/mol. The van der Waals surface area contributed by atoms with Gasteiger partial charge in [-0.05, 0) is 47.2 Å². The van der Waals surface area contributed by atoms with E-state index in [0.717, 1.165) is 27.5 Å². The molecule has 33 heavy (non-hydrogen) atoms. The highest BCUT2D eigenvalue weighted by Gasteiger charge is 2.13. The largest absolute Gasteiger partial charge is 0.447 e. The number of fused-ring (bicyclic) bond motifs is 1. The number of amides is 3. The van der Waals surface area contributed by atoms with E-state index in [1.54, 1.807) is 30.6 Å². The van der Waals surface area contributed by atoms with Crippen molar-refractivity contribution in [1.82, 2.24) is 20.6 Å². The average Bonchev–Trinajstić information content (AvgIpc) is 2.82. The molecule has 170 valence electrons. The van der Waals surface area contributed by atoms with Crippen LogP contribution < -0.4 is 16.0 Å². The van der Waals surface area contributed by atoms with E-state index in [-0.39, 0.29) is 19.2 Å². The van der Waals surface area contributed by atoms with E-state index in [1.165, 1.54) is 7.11 Å². The van der Waals surface area contributed by atoms with Crippen LogP contribution in [0.2, 0.25) is 0 Å². The van der Waals surface area contributed by atoms with Gasteiger partial charge in [-0.1, -0.05) is 12.1 Å². The number of anilines is 1. The second-order valence-corrected chi connectivity index (χ2v) is 6.90. The molecule has 0 bridgehead atoms. The van der Waals surface area contributed by atoms with E-state index >= 15 is 0 Å². The zero-order valence-electron chi connectivity index (χ0n) is 18.3. The summed E-state index contributed by atoms with van der Waals surface area (Å²) >= 11 is 0. The molecule has 10 nitrogen and oxygen atoms in total. The van der Waals surface area contributed by atoms with Crippen molar-refractivity contribution in [2.45, 2.75) is 13.5 Å². The van der Waals surface area contributed by atoms with Crippen LogP contribution in [0, 0.1) is 11.3 Å². The molecule has 0 spiro atoms. The van der Waals surface area contributed by atoms with Crippen molar-refractivity contribution in [3.63, 3.8) is 0 Å². The Kier molecular flexibility index (Phi) is 8.10. The number of hydrogen-bond donors (Lipinski definition) is 3. The second-order valence-electron chi connectivity index (χ2n) is 6.90. The topological polar surface area (TPSA) is 138 Å². The summed E-state index contributed by atoms with van der Waals surface area (Å²) in [5, 5.41) is 18.9. The molecule has 0 radical (unpaired) electrons. The molecule has 0 unspecified atom stereocenters. The number of rotatable bonds is 8. The van der Waals surface area contributed by atoms with E-state index in [9.17, 15) is 14.9 Å². The monoisotopic (exact) mass is 448 g/mol. The van der Waals surface area contributed by atoms with Crippen LogP contribution in [0.4, 0.5) is 15.4 Å². The number of aromatic nitrogens is 2. The molecular formula is C23H24N6O4. The Morgan fingerprint density at radius 3 is 2.70 bits per heavy atom. The maximum Gasteiger partial charge on any atom is 0.407 e. The van der Waals surface area contributed by atoms with Crippen LogP contribution in [0.25, 0.3) is 21.9 Å². The SMILES string of the molecule is CCNC(=O)Nc1cc2c(-c3ccnc(C#N)c3)ccc(CNC(=O)OCCOC)c2cn1. The molecule has 0 aliphatic rings. The molecule has 0 atom stereocenters. The minimum atomic E-state index is -0.556. The van der Waals surface area contributed by atoms with Crippen molar-refractivity contribution < 1.29 is 19.1 Å². The first-order valence-corrected chi connectivity index (χ1v) is 10.3. The number of methoxy groups -OCH3 is 1. The van der Waals surface area contributed by atoms with Crippen LogP contribution in [0.1, 0.15) is 18.2 Å². The number of urea groups is 1. The molecule has 1 aromatic carbocycles. The quantitative estimate of drug-likeness (QED) is 0.450. The van der Waals surface area contributed by atoms with Gasteiger partial charge in [-0.3, -0.25) is 5.32 Å². The maximum absolute atomic E-state index is 12.0. The van der Waals surface area contributed by atoms with Gasteiger partial charge < -0.3 is 20.1 Å². The van der Waals surface area contributed by atoms with Crippen molar-refractivity contribution in [2.24, 2.45) is 0 Å². The fourth-order valence-corrected chi connectivity index (χ4v) is 3.19. The van der Waals surface area contributed by atoms with Gasteiger partial charge in [-0.2, -0.15) is 5.26 Å². The van der Waals surface area contributed by atoms with Crippen LogP contribution in [0.15, 0.2) is 42.7 Å². The van der Waals surface area contributed by atoms with Crippen molar-refractivity contribution in [3.05, 3.63) is 54.0 Å². The average molecular weight is 448 g/mol. The fraction of sp³-hybridized carbons (Fsp3) is 0.261. The fourth-order valence-electron chi connectivity index (χ4n) is 3.19. The molecule has 0 saturated heterocycles. The summed E-state index contributed by atoms with van der Waals surface area (Å²) in [6, 6.07) is 10.7. The highest BCUT2D eigenvalue weighted by atomic mass is 16.6. The molecule has 0 fully saturated rings.